The summed E-state index contributed by atoms with van der Waals surface area (Å²) < 4.78 is 5.17. The van der Waals surface area contributed by atoms with Crippen molar-refractivity contribution in [3.05, 3.63) is 0 Å². The summed E-state index contributed by atoms with van der Waals surface area (Å²) in [5.41, 5.74) is 0.00559. The van der Waals surface area contributed by atoms with E-state index in [9.17, 15) is 4.79 Å². The van der Waals surface area contributed by atoms with Crippen LogP contribution >= 0.6 is 0 Å². The molecule has 0 aromatic rings. The van der Waals surface area contributed by atoms with Gasteiger partial charge < -0.3 is 15.0 Å². The van der Waals surface area contributed by atoms with Crippen molar-refractivity contribution < 1.29 is 9.53 Å². The molecule has 0 atom stereocenters. The molecule has 0 unspecified atom stereocenters. The van der Waals surface area contributed by atoms with Gasteiger partial charge in [0.25, 0.3) is 0 Å². The largest absolute Gasteiger partial charge is 0.444 e. The van der Waals surface area contributed by atoms with E-state index >= 15 is 0 Å². The Morgan fingerprint density at radius 3 is 2.53 bits per heavy atom. The van der Waals surface area contributed by atoms with Gasteiger partial charge in [0.2, 0.25) is 0 Å². The molecular weight excluding hydrogens is 216 g/mol. The molecule has 0 aromatic carbocycles. The van der Waals surface area contributed by atoms with Crippen LogP contribution in [0.3, 0.4) is 0 Å². The molecule has 0 bridgehead atoms. The molecule has 1 aliphatic rings. The molecule has 0 aromatic heterocycles. The average molecular weight is 242 g/mol. The van der Waals surface area contributed by atoms with Gasteiger partial charge in [-0.25, -0.2) is 4.79 Å². The number of nitrogens with one attached hydrogen (secondary N) is 1. The molecule has 0 radical (unpaired) electrons. The summed E-state index contributed by atoms with van der Waals surface area (Å²) in [6.07, 6.45) is 0.912. The van der Waals surface area contributed by atoms with Crippen LogP contribution in [0.1, 0.15) is 41.0 Å². The smallest absolute Gasteiger partial charge is 0.407 e. The molecule has 4 heteroatoms. The summed E-state index contributed by atoms with van der Waals surface area (Å²) in [6.45, 7) is 14.0. The zero-order chi connectivity index (χ0) is 13.1. The molecule has 1 heterocycles. The van der Waals surface area contributed by atoms with Crippen molar-refractivity contribution in [3.8, 4) is 0 Å². The van der Waals surface area contributed by atoms with Gasteiger partial charge in [-0.3, -0.25) is 0 Å². The van der Waals surface area contributed by atoms with Crippen molar-refractivity contribution in [3.63, 3.8) is 0 Å². The van der Waals surface area contributed by atoms with Crippen molar-refractivity contribution in [2.45, 2.75) is 46.6 Å². The molecule has 1 saturated heterocycles. The summed E-state index contributed by atoms with van der Waals surface area (Å²) in [7, 11) is 0. The molecule has 1 rings (SSSR count). The summed E-state index contributed by atoms with van der Waals surface area (Å²) in [4.78, 5) is 13.8. The lowest BCUT2D eigenvalue weighted by Gasteiger charge is -2.21. The normalized spacial score (nSPS) is 20.3. The van der Waals surface area contributed by atoms with Gasteiger partial charge in [-0.05, 0) is 39.2 Å². The van der Waals surface area contributed by atoms with Crippen LogP contribution < -0.4 is 5.32 Å². The second-order valence-corrected chi connectivity index (χ2v) is 6.62. The molecule has 0 spiro atoms. The minimum absolute atomic E-state index is 0.323. The SMILES string of the molecule is CC1(C)CCN(CCNC(=O)OC(C)(C)C)C1. The van der Waals surface area contributed by atoms with Crippen molar-refractivity contribution >= 4 is 6.09 Å². The van der Waals surface area contributed by atoms with E-state index < -0.39 is 5.60 Å². The standard InChI is InChI=1S/C13H26N2O2/c1-12(2,3)17-11(16)14-7-9-15-8-6-13(4,5)10-15/h6-10H2,1-5H3,(H,14,16). The fraction of sp³-hybridized carbons (Fsp3) is 0.923. The Morgan fingerprint density at radius 1 is 1.41 bits per heavy atom. The van der Waals surface area contributed by atoms with Gasteiger partial charge in [-0.2, -0.15) is 0 Å². The Labute approximate surface area is 105 Å². The molecule has 1 fully saturated rings. The first-order valence-corrected chi connectivity index (χ1v) is 6.37. The second kappa shape index (κ2) is 5.25. The second-order valence-electron chi connectivity index (χ2n) is 6.62. The molecule has 17 heavy (non-hydrogen) atoms. The van der Waals surface area contributed by atoms with Gasteiger partial charge in [-0.1, -0.05) is 13.8 Å². The van der Waals surface area contributed by atoms with E-state index in [1.807, 2.05) is 20.8 Å². The lowest BCUT2D eigenvalue weighted by molar-refractivity contribution is 0.0523. The minimum atomic E-state index is -0.417. The van der Waals surface area contributed by atoms with Crippen molar-refractivity contribution in [2.24, 2.45) is 5.41 Å². The van der Waals surface area contributed by atoms with Gasteiger partial charge in [0.05, 0.1) is 0 Å². The number of hydrogen-bond donors (Lipinski definition) is 1. The van der Waals surface area contributed by atoms with Crippen molar-refractivity contribution in [2.75, 3.05) is 26.2 Å². The van der Waals surface area contributed by atoms with Crippen LogP contribution in [-0.4, -0.2) is 42.8 Å². The van der Waals surface area contributed by atoms with Crippen LogP contribution in [0.2, 0.25) is 0 Å². The summed E-state index contributed by atoms with van der Waals surface area (Å²) in [5.74, 6) is 0. The summed E-state index contributed by atoms with van der Waals surface area (Å²) in [5, 5.41) is 2.79. The number of ether oxygens (including phenoxy) is 1. The highest BCUT2D eigenvalue weighted by atomic mass is 16.6. The first kappa shape index (κ1) is 14.3. The van der Waals surface area contributed by atoms with E-state index in [1.54, 1.807) is 0 Å². The van der Waals surface area contributed by atoms with Gasteiger partial charge in [0.15, 0.2) is 0 Å². The molecule has 1 N–H and O–H groups in total. The Morgan fingerprint density at radius 2 is 2.06 bits per heavy atom. The van der Waals surface area contributed by atoms with Crippen LogP contribution in [0.15, 0.2) is 0 Å². The predicted octanol–water partition coefficient (Wildman–Crippen LogP) is 2.24. The number of nitrogens with zero attached hydrogens (tertiary/aromatic N) is 1. The number of hydrogen-bond acceptors (Lipinski definition) is 3. The number of carbonyl (C=O) groups excluding carboxylic acids is 1. The first-order valence-electron chi connectivity index (χ1n) is 6.37. The van der Waals surface area contributed by atoms with E-state index in [0.29, 0.717) is 12.0 Å². The predicted molar refractivity (Wildman–Crippen MR) is 69.1 cm³/mol. The number of likely N-dealkylation sites (tertiary alicyclic amines) is 1. The zero-order valence-corrected chi connectivity index (χ0v) is 11.8. The topological polar surface area (TPSA) is 41.6 Å². The van der Waals surface area contributed by atoms with E-state index in [1.165, 1.54) is 6.42 Å². The average Bonchev–Trinajstić information content (AvgIpc) is 2.42. The van der Waals surface area contributed by atoms with Crippen LogP contribution in [0, 0.1) is 5.41 Å². The summed E-state index contributed by atoms with van der Waals surface area (Å²) >= 11 is 0. The lowest BCUT2D eigenvalue weighted by Crippen LogP contribution is -2.37. The fourth-order valence-corrected chi connectivity index (χ4v) is 2.05. The number of carbonyl (C=O) groups is 1. The third-order valence-corrected chi connectivity index (χ3v) is 2.85. The monoisotopic (exact) mass is 242 g/mol. The molecule has 0 aliphatic carbocycles. The molecule has 4 nitrogen and oxygen atoms in total. The molecule has 1 aliphatic heterocycles. The van der Waals surface area contributed by atoms with E-state index in [4.69, 9.17) is 4.74 Å². The Hall–Kier alpha value is -0.770. The fourth-order valence-electron chi connectivity index (χ4n) is 2.05. The molecule has 1 amide bonds. The van der Waals surface area contributed by atoms with Gasteiger partial charge in [0.1, 0.15) is 5.60 Å². The minimum Gasteiger partial charge on any atom is -0.444 e. The third kappa shape index (κ3) is 5.91. The Balaban J connectivity index is 2.15. The first-order chi connectivity index (χ1) is 7.68. The van der Waals surface area contributed by atoms with Crippen LogP contribution in [0.25, 0.3) is 0 Å². The maximum atomic E-state index is 11.4. The van der Waals surface area contributed by atoms with Gasteiger partial charge >= 0.3 is 6.09 Å². The zero-order valence-electron chi connectivity index (χ0n) is 11.8. The van der Waals surface area contributed by atoms with E-state index in [2.05, 4.69) is 24.1 Å². The highest BCUT2D eigenvalue weighted by molar-refractivity contribution is 5.67. The maximum absolute atomic E-state index is 11.4. The van der Waals surface area contributed by atoms with Crippen molar-refractivity contribution in [1.82, 2.24) is 10.2 Å². The Bertz CT molecular complexity index is 269. The third-order valence-electron chi connectivity index (χ3n) is 2.85. The lowest BCUT2D eigenvalue weighted by atomic mass is 9.93. The number of alkyl carbamates (subject to hydrolysis) is 1. The molecular formula is C13H26N2O2. The van der Waals surface area contributed by atoms with Gasteiger partial charge in [0, 0.05) is 19.6 Å². The van der Waals surface area contributed by atoms with E-state index in [0.717, 1.165) is 19.6 Å². The van der Waals surface area contributed by atoms with Gasteiger partial charge in [-0.15, -0.1) is 0 Å². The van der Waals surface area contributed by atoms with Crippen LogP contribution in [-0.2, 0) is 4.74 Å². The number of rotatable bonds is 3. The van der Waals surface area contributed by atoms with Crippen LogP contribution in [0.4, 0.5) is 4.79 Å². The van der Waals surface area contributed by atoms with Crippen molar-refractivity contribution in [1.29, 1.82) is 0 Å². The van der Waals surface area contributed by atoms with Crippen LogP contribution in [0.5, 0.6) is 0 Å². The summed E-state index contributed by atoms with van der Waals surface area (Å²) in [6, 6.07) is 0. The quantitative estimate of drug-likeness (QED) is 0.825. The maximum Gasteiger partial charge on any atom is 0.407 e. The number of amides is 1. The van der Waals surface area contributed by atoms with E-state index in [-0.39, 0.29) is 6.09 Å². The Kier molecular flexibility index (Phi) is 4.42. The molecule has 100 valence electrons. The highest BCUT2D eigenvalue weighted by Crippen LogP contribution is 2.28. The highest BCUT2D eigenvalue weighted by Gasteiger charge is 2.28. The molecule has 0 saturated carbocycles.